The van der Waals surface area contributed by atoms with Gasteiger partial charge in [-0.2, -0.15) is 5.26 Å². The number of rotatable bonds is 7. The highest BCUT2D eigenvalue weighted by molar-refractivity contribution is 6.32. The molecule has 0 saturated carbocycles. The Labute approximate surface area is 157 Å². The van der Waals surface area contributed by atoms with E-state index in [9.17, 15) is 10.1 Å². The number of hydrogen-bond donors (Lipinski definition) is 1. The Bertz CT molecular complexity index is 842. The fraction of sp³-hybridized carbons (Fsp3) is 0.200. The summed E-state index contributed by atoms with van der Waals surface area (Å²) in [4.78, 5) is 12.3. The number of halogens is 1. The zero-order valence-corrected chi connectivity index (χ0v) is 15.3. The number of carbonyl (C=O) groups excluding carboxylic acids is 1. The second-order valence-electron chi connectivity index (χ2n) is 5.39. The first-order valence-electron chi connectivity index (χ1n) is 7.94. The summed E-state index contributed by atoms with van der Waals surface area (Å²) in [6, 6.07) is 14.9. The molecule has 0 aromatic heterocycles. The maximum Gasteiger partial charge on any atom is 0.261 e. The Hall–Kier alpha value is -2.97. The van der Waals surface area contributed by atoms with Crippen molar-refractivity contribution in [2.45, 2.75) is 6.42 Å². The molecule has 0 heterocycles. The highest BCUT2D eigenvalue weighted by Gasteiger charge is 2.13. The van der Waals surface area contributed by atoms with Crippen LogP contribution in [-0.4, -0.2) is 26.7 Å². The minimum Gasteiger partial charge on any atom is -0.493 e. The lowest BCUT2D eigenvalue weighted by Crippen LogP contribution is -2.26. The van der Waals surface area contributed by atoms with Crippen molar-refractivity contribution in [1.82, 2.24) is 5.32 Å². The topological polar surface area (TPSA) is 71.3 Å². The van der Waals surface area contributed by atoms with E-state index in [-0.39, 0.29) is 5.57 Å². The molecular weight excluding hydrogens is 352 g/mol. The van der Waals surface area contributed by atoms with E-state index in [0.29, 0.717) is 35.1 Å². The molecule has 2 aromatic rings. The minimum absolute atomic E-state index is 0.0350. The third kappa shape index (κ3) is 5.01. The molecule has 2 rings (SSSR count). The van der Waals surface area contributed by atoms with Crippen LogP contribution in [0.4, 0.5) is 0 Å². The van der Waals surface area contributed by atoms with Crippen LogP contribution in [0.3, 0.4) is 0 Å². The molecule has 1 amide bonds. The van der Waals surface area contributed by atoms with E-state index in [4.69, 9.17) is 21.1 Å². The van der Waals surface area contributed by atoms with Crippen LogP contribution in [0.1, 0.15) is 11.1 Å². The van der Waals surface area contributed by atoms with E-state index in [1.807, 2.05) is 36.4 Å². The van der Waals surface area contributed by atoms with Crippen LogP contribution in [0.5, 0.6) is 11.5 Å². The predicted octanol–water partition coefficient (Wildman–Crippen LogP) is 3.62. The number of carbonyl (C=O) groups is 1. The minimum atomic E-state index is -0.450. The summed E-state index contributed by atoms with van der Waals surface area (Å²) in [6.45, 7) is 0.432. The van der Waals surface area contributed by atoms with Crippen LogP contribution in [0.15, 0.2) is 48.0 Å². The van der Waals surface area contributed by atoms with Crippen LogP contribution in [0, 0.1) is 11.3 Å². The molecule has 5 nitrogen and oxygen atoms in total. The molecule has 0 unspecified atom stereocenters. The maximum absolute atomic E-state index is 12.3. The fourth-order valence-electron chi connectivity index (χ4n) is 2.34. The van der Waals surface area contributed by atoms with Crippen molar-refractivity contribution in [2.75, 3.05) is 20.8 Å². The van der Waals surface area contributed by atoms with Gasteiger partial charge in [-0.05, 0) is 29.7 Å². The first kappa shape index (κ1) is 19.4. The number of nitrogens with one attached hydrogen (secondary N) is 1. The molecule has 2 aromatic carbocycles. The number of ether oxygens (including phenoxy) is 2. The van der Waals surface area contributed by atoms with Crippen molar-refractivity contribution in [3.8, 4) is 17.6 Å². The van der Waals surface area contributed by atoms with Crippen LogP contribution < -0.4 is 14.8 Å². The summed E-state index contributed by atoms with van der Waals surface area (Å²) in [6.07, 6.45) is 2.12. The lowest BCUT2D eigenvalue weighted by atomic mass is 10.1. The third-order valence-corrected chi connectivity index (χ3v) is 4.04. The predicted molar refractivity (Wildman–Crippen MR) is 101 cm³/mol. The standard InChI is InChI=1S/C20H19ClN2O3/c1-25-18-11-15(17(21)12-19(18)26-2)10-16(13-22)20(24)23-9-8-14-6-4-3-5-7-14/h3-7,10-12H,8-9H2,1-2H3,(H,23,24)/b16-10+. The smallest absolute Gasteiger partial charge is 0.261 e. The Morgan fingerprint density at radius 3 is 2.46 bits per heavy atom. The fourth-order valence-corrected chi connectivity index (χ4v) is 2.55. The van der Waals surface area contributed by atoms with Gasteiger partial charge >= 0.3 is 0 Å². The molecule has 0 bridgehead atoms. The van der Waals surface area contributed by atoms with Crippen molar-refractivity contribution in [2.24, 2.45) is 0 Å². The molecule has 26 heavy (non-hydrogen) atoms. The Balaban J connectivity index is 2.11. The summed E-state index contributed by atoms with van der Waals surface area (Å²) < 4.78 is 10.4. The van der Waals surface area contributed by atoms with Gasteiger partial charge in [0, 0.05) is 12.6 Å². The number of nitrogens with zero attached hydrogens (tertiary/aromatic N) is 1. The van der Waals surface area contributed by atoms with Gasteiger partial charge in [-0.25, -0.2) is 0 Å². The van der Waals surface area contributed by atoms with Gasteiger partial charge < -0.3 is 14.8 Å². The molecule has 0 aliphatic rings. The molecule has 134 valence electrons. The summed E-state index contributed by atoms with van der Waals surface area (Å²) in [5.41, 5.74) is 1.57. The Morgan fingerprint density at radius 1 is 1.19 bits per heavy atom. The van der Waals surface area contributed by atoms with Crippen LogP contribution >= 0.6 is 11.6 Å². The molecule has 0 aliphatic carbocycles. The van der Waals surface area contributed by atoms with Gasteiger partial charge in [0.25, 0.3) is 5.91 Å². The average molecular weight is 371 g/mol. The highest BCUT2D eigenvalue weighted by atomic mass is 35.5. The van der Waals surface area contributed by atoms with Crippen LogP contribution in [0.2, 0.25) is 5.02 Å². The van der Waals surface area contributed by atoms with Crippen LogP contribution in [-0.2, 0) is 11.2 Å². The van der Waals surface area contributed by atoms with Crippen molar-refractivity contribution in [3.63, 3.8) is 0 Å². The SMILES string of the molecule is COc1cc(Cl)c(/C=C(\C#N)C(=O)NCCc2ccccc2)cc1OC. The molecule has 0 atom stereocenters. The zero-order chi connectivity index (χ0) is 18.9. The molecular formula is C20H19ClN2O3. The summed E-state index contributed by atoms with van der Waals surface area (Å²) >= 11 is 6.21. The molecule has 0 saturated heterocycles. The van der Waals surface area contributed by atoms with Crippen molar-refractivity contribution in [1.29, 1.82) is 5.26 Å². The summed E-state index contributed by atoms with van der Waals surface area (Å²) in [7, 11) is 3.01. The van der Waals surface area contributed by atoms with Gasteiger partial charge in [-0.3, -0.25) is 4.79 Å². The summed E-state index contributed by atoms with van der Waals surface area (Å²) in [5, 5.41) is 12.4. The quantitative estimate of drug-likeness (QED) is 0.596. The molecule has 0 radical (unpaired) electrons. The maximum atomic E-state index is 12.3. The number of nitriles is 1. The normalized spacial score (nSPS) is 10.8. The Kier molecular flexibility index (Phi) is 7.07. The Morgan fingerprint density at radius 2 is 1.85 bits per heavy atom. The molecule has 0 fully saturated rings. The van der Waals surface area contributed by atoms with E-state index in [2.05, 4.69) is 5.32 Å². The zero-order valence-electron chi connectivity index (χ0n) is 14.6. The van der Waals surface area contributed by atoms with E-state index >= 15 is 0 Å². The number of methoxy groups -OCH3 is 2. The van der Waals surface area contributed by atoms with E-state index in [1.165, 1.54) is 20.3 Å². The second-order valence-corrected chi connectivity index (χ2v) is 5.80. The number of amides is 1. The van der Waals surface area contributed by atoms with Crippen molar-refractivity contribution in [3.05, 3.63) is 64.2 Å². The van der Waals surface area contributed by atoms with E-state index in [1.54, 1.807) is 12.1 Å². The van der Waals surface area contributed by atoms with Gasteiger partial charge in [0.2, 0.25) is 0 Å². The molecule has 1 N–H and O–H groups in total. The number of benzene rings is 2. The van der Waals surface area contributed by atoms with Gasteiger partial charge in [0.1, 0.15) is 11.6 Å². The van der Waals surface area contributed by atoms with E-state index in [0.717, 1.165) is 5.56 Å². The largest absolute Gasteiger partial charge is 0.493 e. The monoisotopic (exact) mass is 370 g/mol. The first-order chi connectivity index (χ1) is 12.6. The first-order valence-corrected chi connectivity index (χ1v) is 8.32. The number of hydrogen-bond acceptors (Lipinski definition) is 4. The van der Waals surface area contributed by atoms with Gasteiger partial charge in [0.05, 0.1) is 19.2 Å². The summed E-state index contributed by atoms with van der Waals surface area (Å²) in [5.74, 6) is 0.486. The van der Waals surface area contributed by atoms with Gasteiger partial charge in [-0.1, -0.05) is 41.9 Å². The van der Waals surface area contributed by atoms with Crippen molar-refractivity contribution >= 4 is 23.6 Å². The lowest BCUT2D eigenvalue weighted by Gasteiger charge is -2.10. The van der Waals surface area contributed by atoms with Crippen LogP contribution in [0.25, 0.3) is 6.08 Å². The molecule has 6 heteroatoms. The second kappa shape index (κ2) is 9.50. The van der Waals surface area contributed by atoms with Gasteiger partial charge in [0.15, 0.2) is 11.5 Å². The molecule has 0 aliphatic heterocycles. The highest BCUT2D eigenvalue weighted by Crippen LogP contribution is 2.34. The average Bonchev–Trinajstić information content (AvgIpc) is 2.67. The lowest BCUT2D eigenvalue weighted by molar-refractivity contribution is -0.117. The van der Waals surface area contributed by atoms with Gasteiger partial charge in [-0.15, -0.1) is 0 Å². The van der Waals surface area contributed by atoms with Crippen molar-refractivity contribution < 1.29 is 14.3 Å². The third-order valence-electron chi connectivity index (χ3n) is 3.71. The molecule has 0 spiro atoms. The van der Waals surface area contributed by atoms with E-state index < -0.39 is 5.91 Å².